The molecule has 20 heavy (non-hydrogen) atoms. The van der Waals surface area contributed by atoms with Crippen LogP contribution in [-0.2, 0) is 0 Å². The average Bonchev–Trinajstić information content (AvgIpc) is 2.47. The van der Waals surface area contributed by atoms with Gasteiger partial charge in [-0.2, -0.15) is 0 Å². The molecule has 0 aliphatic rings. The Labute approximate surface area is 119 Å². The third-order valence-electron chi connectivity index (χ3n) is 2.96. The summed E-state index contributed by atoms with van der Waals surface area (Å²) in [6.07, 6.45) is 4.29. The molecule has 0 aliphatic carbocycles. The number of nitrogens with zero attached hydrogens (tertiary/aromatic N) is 2. The molecule has 0 atom stereocenters. The van der Waals surface area contributed by atoms with Gasteiger partial charge in [0.15, 0.2) is 0 Å². The number of benzene rings is 1. The molecule has 1 aromatic heterocycles. The highest BCUT2D eigenvalue weighted by Gasteiger charge is 2.13. The van der Waals surface area contributed by atoms with Crippen LogP contribution in [0.5, 0.6) is 11.6 Å². The van der Waals surface area contributed by atoms with Crippen molar-refractivity contribution < 1.29 is 9.47 Å². The minimum Gasteiger partial charge on any atom is -0.496 e. The van der Waals surface area contributed by atoms with Gasteiger partial charge in [-0.1, -0.05) is 26.0 Å². The van der Waals surface area contributed by atoms with Gasteiger partial charge < -0.3 is 9.47 Å². The molecule has 1 heterocycles. The Balaban J connectivity index is 2.27. The van der Waals surface area contributed by atoms with Crippen LogP contribution in [-0.4, -0.2) is 23.7 Å². The van der Waals surface area contributed by atoms with Gasteiger partial charge in [0.05, 0.1) is 13.7 Å². The SMILES string of the molecule is COc1ccccc1-c1nccnc1OCCC(C)C. The van der Waals surface area contributed by atoms with Crippen molar-refractivity contribution in [3.05, 3.63) is 36.7 Å². The fourth-order valence-corrected chi connectivity index (χ4v) is 1.85. The number of ether oxygens (including phenoxy) is 2. The van der Waals surface area contributed by atoms with Gasteiger partial charge in [0, 0.05) is 18.0 Å². The van der Waals surface area contributed by atoms with E-state index in [0.717, 1.165) is 17.7 Å². The van der Waals surface area contributed by atoms with Gasteiger partial charge in [-0.3, -0.25) is 0 Å². The molecular formula is C16H20N2O2. The lowest BCUT2D eigenvalue weighted by Gasteiger charge is -2.12. The summed E-state index contributed by atoms with van der Waals surface area (Å²) in [7, 11) is 1.65. The van der Waals surface area contributed by atoms with E-state index in [4.69, 9.17) is 9.47 Å². The molecule has 0 fully saturated rings. The highest BCUT2D eigenvalue weighted by molar-refractivity contribution is 5.70. The summed E-state index contributed by atoms with van der Waals surface area (Å²) in [5.74, 6) is 1.92. The molecule has 0 unspecified atom stereocenters. The van der Waals surface area contributed by atoms with Gasteiger partial charge in [-0.15, -0.1) is 0 Å². The molecule has 106 valence electrons. The molecular weight excluding hydrogens is 252 g/mol. The first-order valence-corrected chi connectivity index (χ1v) is 6.79. The summed E-state index contributed by atoms with van der Waals surface area (Å²) in [4.78, 5) is 8.67. The first kappa shape index (κ1) is 14.3. The quantitative estimate of drug-likeness (QED) is 0.806. The third kappa shape index (κ3) is 3.47. The van der Waals surface area contributed by atoms with E-state index in [1.807, 2.05) is 24.3 Å². The van der Waals surface area contributed by atoms with E-state index in [0.29, 0.717) is 24.1 Å². The zero-order chi connectivity index (χ0) is 14.4. The summed E-state index contributed by atoms with van der Waals surface area (Å²) >= 11 is 0. The standard InChI is InChI=1S/C16H20N2O2/c1-12(2)8-11-20-16-15(17-9-10-18-16)13-6-4-5-7-14(13)19-3/h4-7,9-10,12H,8,11H2,1-3H3. The zero-order valence-corrected chi connectivity index (χ0v) is 12.2. The van der Waals surface area contributed by atoms with Gasteiger partial charge in [-0.25, -0.2) is 9.97 Å². The zero-order valence-electron chi connectivity index (χ0n) is 12.2. The van der Waals surface area contributed by atoms with Crippen molar-refractivity contribution >= 4 is 0 Å². The van der Waals surface area contributed by atoms with Crippen LogP contribution in [0, 0.1) is 5.92 Å². The van der Waals surface area contributed by atoms with Crippen molar-refractivity contribution in [1.82, 2.24) is 9.97 Å². The van der Waals surface area contributed by atoms with Crippen LogP contribution in [0.1, 0.15) is 20.3 Å². The number of para-hydroxylation sites is 1. The number of methoxy groups -OCH3 is 1. The number of hydrogen-bond acceptors (Lipinski definition) is 4. The maximum Gasteiger partial charge on any atom is 0.240 e. The summed E-state index contributed by atoms with van der Waals surface area (Å²) in [5.41, 5.74) is 1.61. The molecule has 2 rings (SSSR count). The van der Waals surface area contributed by atoms with Crippen LogP contribution in [0.15, 0.2) is 36.7 Å². The molecule has 0 spiro atoms. The number of rotatable bonds is 6. The smallest absolute Gasteiger partial charge is 0.240 e. The first-order valence-electron chi connectivity index (χ1n) is 6.79. The van der Waals surface area contributed by atoms with Gasteiger partial charge in [0.25, 0.3) is 0 Å². The van der Waals surface area contributed by atoms with Crippen LogP contribution in [0.4, 0.5) is 0 Å². The Kier molecular flexibility index (Phi) is 4.93. The normalized spacial score (nSPS) is 10.6. The Bertz CT molecular complexity index is 556. The highest BCUT2D eigenvalue weighted by Crippen LogP contribution is 2.32. The van der Waals surface area contributed by atoms with Crippen molar-refractivity contribution in [3.8, 4) is 22.9 Å². The average molecular weight is 272 g/mol. The molecule has 0 radical (unpaired) electrons. The fraction of sp³-hybridized carbons (Fsp3) is 0.375. The van der Waals surface area contributed by atoms with Gasteiger partial charge in [0.1, 0.15) is 11.4 Å². The molecule has 4 nitrogen and oxygen atoms in total. The van der Waals surface area contributed by atoms with Crippen molar-refractivity contribution in [2.45, 2.75) is 20.3 Å². The monoisotopic (exact) mass is 272 g/mol. The molecule has 0 bridgehead atoms. The molecule has 4 heteroatoms. The van der Waals surface area contributed by atoms with E-state index in [1.165, 1.54) is 0 Å². The first-order chi connectivity index (χ1) is 9.72. The largest absolute Gasteiger partial charge is 0.496 e. The highest BCUT2D eigenvalue weighted by atomic mass is 16.5. The summed E-state index contributed by atoms with van der Waals surface area (Å²) < 4.78 is 11.1. The summed E-state index contributed by atoms with van der Waals surface area (Å²) in [6, 6.07) is 7.74. The van der Waals surface area contributed by atoms with Crippen LogP contribution < -0.4 is 9.47 Å². The lowest BCUT2D eigenvalue weighted by atomic mass is 10.1. The molecule has 1 aromatic carbocycles. The van der Waals surface area contributed by atoms with E-state index in [2.05, 4.69) is 23.8 Å². The Hall–Kier alpha value is -2.10. The van der Waals surface area contributed by atoms with E-state index >= 15 is 0 Å². The van der Waals surface area contributed by atoms with Crippen LogP contribution >= 0.6 is 0 Å². The second kappa shape index (κ2) is 6.89. The fourth-order valence-electron chi connectivity index (χ4n) is 1.85. The number of hydrogen-bond donors (Lipinski definition) is 0. The summed E-state index contributed by atoms with van der Waals surface area (Å²) in [6.45, 7) is 4.97. The van der Waals surface area contributed by atoms with Crippen LogP contribution in [0.25, 0.3) is 11.3 Å². The lowest BCUT2D eigenvalue weighted by molar-refractivity contribution is 0.279. The molecule has 0 N–H and O–H groups in total. The Morgan fingerprint density at radius 1 is 1.10 bits per heavy atom. The van der Waals surface area contributed by atoms with E-state index in [1.54, 1.807) is 19.5 Å². The predicted octanol–water partition coefficient (Wildman–Crippen LogP) is 3.58. The third-order valence-corrected chi connectivity index (χ3v) is 2.96. The van der Waals surface area contributed by atoms with Crippen molar-refractivity contribution in [1.29, 1.82) is 0 Å². The molecule has 0 amide bonds. The predicted molar refractivity (Wildman–Crippen MR) is 79.0 cm³/mol. The van der Waals surface area contributed by atoms with E-state index < -0.39 is 0 Å². The second-order valence-electron chi connectivity index (χ2n) is 4.94. The van der Waals surface area contributed by atoms with Gasteiger partial charge in [-0.05, 0) is 24.5 Å². The van der Waals surface area contributed by atoms with Gasteiger partial charge >= 0.3 is 0 Å². The lowest BCUT2D eigenvalue weighted by Crippen LogP contribution is -2.04. The van der Waals surface area contributed by atoms with Crippen LogP contribution in [0.3, 0.4) is 0 Å². The second-order valence-corrected chi connectivity index (χ2v) is 4.94. The van der Waals surface area contributed by atoms with E-state index in [-0.39, 0.29) is 0 Å². The molecule has 0 saturated carbocycles. The van der Waals surface area contributed by atoms with Crippen molar-refractivity contribution in [2.75, 3.05) is 13.7 Å². The number of aromatic nitrogens is 2. The topological polar surface area (TPSA) is 44.2 Å². The Morgan fingerprint density at radius 2 is 1.85 bits per heavy atom. The molecule has 0 saturated heterocycles. The summed E-state index contributed by atoms with van der Waals surface area (Å²) in [5, 5.41) is 0. The van der Waals surface area contributed by atoms with Gasteiger partial charge in [0.2, 0.25) is 5.88 Å². The maximum absolute atomic E-state index is 5.77. The van der Waals surface area contributed by atoms with Crippen LogP contribution in [0.2, 0.25) is 0 Å². The van der Waals surface area contributed by atoms with Crippen molar-refractivity contribution in [3.63, 3.8) is 0 Å². The maximum atomic E-state index is 5.77. The minimum absolute atomic E-state index is 0.553. The van der Waals surface area contributed by atoms with E-state index in [9.17, 15) is 0 Å². The Morgan fingerprint density at radius 3 is 2.60 bits per heavy atom. The minimum atomic E-state index is 0.553. The van der Waals surface area contributed by atoms with Crippen molar-refractivity contribution in [2.24, 2.45) is 5.92 Å². The molecule has 0 aliphatic heterocycles. The molecule has 2 aromatic rings.